The average molecular weight is 374 g/mol. The maximum Gasteiger partial charge on any atom is 0.279 e. The topological polar surface area (TPSA) is 48.1 Å². The maximum atomic E-state index is 13.5. The second kappa shape index (κ2) is 5.20. The first-order valence-electron chi connectivity index (χ1n) is 5.51. The third kappa shape index (κ3) is 2.59. The summed E-state index contributed by atoms with van der Waals surface area (Å²) in [5.41, 5.74) is 7.15. The molecule has 102 valence electrons. The number of hydrogen-bond donors (Lipinski definition) is 1. The van der Waals surface area contributed by atoms with Gasteiger partial charge in [-0.05, 0) is 40.2 Å². The largest absolute Gasteiger partial charge is 0.430 e. The van der Waals surface area contributed by atoms with Gasteiger partial charge in [-0.15, -0.1) is 0 Å². The molecule has 0 fully saturated rings. The maximum absolute atomic E-state index is 13.5. The van der Waals surface area contributed by atoms with Crippen LogP contribution in [0, 0.1) is 5.82 Å². The molecule has 2 N–H and O–H groups in total. The summed E-state index contributed by atoms with van der Waals surface area (Å²) in [6.45, 7) is 0. The molecule has 2 aromatic carbocycles. The number of halogens is 3. The number of nitrogens with zero attached hydrogens (tertiary/aromatic N) is 1. The third-order valence-corrected chi connectivity index (χ3v) is 4.37. The van der Waals surface area contributed by atoms with Gasteiger partial charge in [0, 0.05) is 11.8 Å². The van der Waals surface area contributed by atoms with Gasteiger partial charge in [-0.1, -0.05) is 22.9 Å². The van der Waals surface area contributed by atoms with E-state index >= 15 is 0 Å². The van der Waals surface area contributed by atoms with Gasteiger partial charge in [0.25, 0.3) is 5.19 Å². The fourth-order valence-electron chi connectivity index (χ4n) is 1.64. The van der Waals surface area contributed by atoms with Gasteiger partial charge in [0.1, 0.15) is 11.6 Å². The molecule has 1 aromatic heterocycles. The Balaban J connectivity index is 1.99. The van der Waals surface area contributed by atoms with E-state index in [2.05, 4.69) is 20.9 Å². The summed E-state index contributed by atoms with van der Waals surface area (Å²) in [4.78, 5) is 4.31. The predicted molar refractivity (Wildman–Crippen MR) is 83.2 cm³/mol. The van der Waals surface area contributed by atoms with Crippen LogP contribution < -0.4 is 10.5 Å². The van der Waals surface area contributed by atoms with Crippen LogP contribution >= 0.6 is 38.9 Å². The Hall–Kier alpha value is -1.37. The van der Waals surface area contributed by atoms with Crippen LogP contribution in [0.1, 0.15) is 0 Å². The molecule has 0 spiro atoms. The smallest absolute Gasteiger partial charge is 0.279 e. The molecule has 3 nitrogen and oxygen atoms in total. The molecular weight excluding hydrogens is 367 g/mol. The molecule has 0 atom stereocenters. The van der Waals surface area contributed by atoms with E-state index in [1.54, 1.807) is 6.07 Å². The number of anilines is 1. The van der Waals surface area contributed by atoms with E-state index in [4.69, 9.17) is 22.1 Å². The van der Waals surface area contributed by atoms with E-state index in [0.29, 0.717) is 21.1 Å². The van der Waals surface area contributed by atoms with Crippen molar-refractivity contribution < 1.29 is 9.13 Å². The summed E-state index contributed by atoms with van der Waals surface area (Å²) in [7, 11) is 0. The first-order valence-corrected chi connectivity index (χ1v) is 7.50. The van der Waals surface area contributed by atoms with Crippen LogP contribution in [0.3, 0.4) is 0 Å². The van der Waals surface area contributed by atoms with Gasteiger partial charge < -0.3 is 10.5 Å². The first kappa shape index (κ1) is 13.6. The molecule has 0 amide bonds. The van der Waals surface area contributed by atoms with E-state index in [1.165, 1.54) is 23.5 Å². The number of aromatic nitrogens is 1. The fraction of sp³-hybridized carbons (Fsp3) is 0. The Labute approximate surface area is 131 Å². The molecule has 0 saturated heterocycles. The summed E-state index contributed by atoms with van der Waals surface area (Å²) in [6, 6.07) is 8.05. The van der Waals surface area contributed by atoms with Crippen LogP contribution in [0.15, 0.2) is 34.8 Å². The monoisotopic (exact) mass is 372 g/mol. The van der Waals surface area contributed by atoms with Crippen molar-refractivity contribution in [3.05, 3.63) is 45.6 Å². The zero-order valence-electron chi connectivity index (χ0n) is 9.86. The minimum absolute atomic E-state index is 0.0290. The van der Waals surface area contributed by atoms with Crippen molar-refractivity contribution in [1.29, 1.82) is 0 Å². The second-order valence-electron chi connectivity index (χ2n) is 4.01. The average Bonchev–Trinajstić information content (AvgIpc) is 2.77. The Morgan fingerprint density at radius 1 is 1.30 bits per heavy atom. The highest BCUT2D eigenvalue weighted by molar-refractivity contribution is 9.10. The lowest BCUT2D eigenvalue weighted by atomic mass is 10.3. The number of nitrogen functional groups attached to an aromatic ring is 1. The van der Waals surface area contributed by atoms with Crippen LogP contribution in [0.2, 0.25) is 5.02 Å². The molecule has 3 aromatic rings. The van der Waals surface area contributed by atoms with Gasteiger partial charge in [0.05, 0.1) is 19.7 Å². The van der Waals surface area contributed by atoms with E-state index in [0.717, 1.165) is 10.2 Å². The Morgan fingerprint density at radius 3 is 2.90 bits per heavy atom. The minimum Gasteiger partial charge on any atom is -0.430 e. The predicted octanol–water partition coefficient (Wildman–Crippen LogP) is 5.23. The quantitative estimate of drug-likeness (QED) is 0.494. The van der Waals surface area contributed by atoms with Crippen molar-refractivity contribution in [3.63, 3.8) is 0 Å². The molecule has 0 aliphatic carbocycles. The van der Waals surface area contributed by atoms with Crippen LogP contribution in [0.4, 0.5) is 10.1 Å². The summed E-state index contributed by atoms with van der Waals surface area (Å²) in [5.74, 6) is -0.228. The van der Waals surface area contributed by atoms with Crippen molar-refractivity contribution >= 4 is 54.8 Å². The lowest BCUT2D eigenvalue weighted by Crippen LogP contribution is -1.87. The molecule has 0 unspecified atom stereocenters. The molecule has 20 heavy (non-hydrogen) atoms. The van der Waals surface area contributed by atoms with Crippen molar-refractivity contribution in [2.45, 2.75) is 0 Å². The first-order chi connectivity index (χ1) is 9.52. The molecule has 0 bridgehead atoms. The van der Waals surface area contributed by atoms with Crippen molar-refractivity contribution in [3.8, 4) is 10.9 Å². The van der Waals surface area contributed by atoms with Crippen LogP contribution in [0.25, 0.3) is 10.2 Å². The highest BCUT2D eigenvalue weighted by Crippen LogP contribution is 2.37. The molecule has 1 heterocycles. The number of rotatable bonds is 2. The molecule has 3 rings (SSSR count). The minimum atomic E-state index is -0.546. The normalized spacial score (nSPS) is 10.9. The van der Waals surface area contributed by atoms with Gasteiger partial charge >= 0.3 is 0 Å². The van der Waals surface area contributed by atoms with Crippen molar-refractivity contribution in [2.75, 3.05) is 5.73 Å². The van der Waals surface area contributed by atoms with E-state index in [9.17, 15) is 4.39 Å². The second-order valence-corrected chi connectivity index (χ2v) is 6.26. The number of hydrogen-bond acceptors (Lipinski definition) is 4. The third-order valence-electron chi connectivity index (χ3n) is 2.56. The van der Waals surface area contributed by atoms with Gasteiger partial charge in [-0.3, -0.25) is 0 Å². The van der Waals surface area contributed by atoms with E-state index in [1.807, 2.05) is 12.1 Å². The zero-order chi connectivity index (χ0) is 14.3. The van der Waals surface area contributed by atoms with E-state index in [-0.39, 0.29) is 5.02 Å². The number of fused-ring (bicyclic) bond motifs is 1. The van der Waals surface area contributed by atoms with Crippen molar-refractivity contribution in [1.82, 2.24) is 4.98 Å². The lowest BCUT2D eigenvalue weighted by Gasteiger charge is -2.05. The highest BCUT2D eigenvalue weighted by Gasteiger charge is 2.12. The number of thiazole rings is 1. The van der Waals surface area contributed by atoms with Crippen LogP contribution in [-0.2, 0) is 0 Å². The summed E-state index contributed by atoms with van der Waals surface area (Å²) in [6.07, 6.45) is 0. The Morgan fingerprint density at radius 2 is 2.10 bits per heavy atom. The summed E-state index contributed by atoms with van der Waals surface area (Å²) >= 11 is 10.3. The van der Waals surface area contributed by atoms with Crippen LogP contribution in [0.5, 0.6) is 10.9 Å². The fourth-order valence-corrected chi connectivity index (χ4v) is 3.24. The lowest BCUT2D eigenvalue weighted by molar-refractivity contribution is 0.471. The van der Waals surface area contributed by atoms with Gasteiger partial charge in [0.15, 0.2) is 0 Å². The highest BCUT2D eigenvalue weighted by atomic mass is 79.9. The van der Waals surface area contributed by atoms with Gasteiger partial charge in [-0.25, -0.2) is 9.37 Å². The van der Waals surface area contributed by atoms with Gasteiger partial charge in [-0.2, -0.15) is 0 Å². The molecule has 7 heteroatoms. The summed E-state index contributed by atoms with van der Waals surface area (Å²) < 4.78 is 20.5. The number of nitrogens with two attached hydrogens (primary N) is 1. The molecule has 0 radical (unpaired) electrons. The number of benzene rings is 2. The Bertz CT molecular complexity index is 808. The van der Waals surface area contributed by atoms with Crippen LogP contribution in [-0.4, -0.2) is 4.98 Å². The molecular formula is C13H7BrClFN2OS. The van der Waals surface area contributed by atoms with Gasteiger partial charge in [0.2, 0.25) is 0 Å². The molecule has 0 aliphatic heterocycles. The van der Waals surface area contributed by atoms with E-state index < -0.39 is 5.82 Å². The van der Waals surface area contributed by atoms with Crippen molar-refractivity contribution in [2.24, 2.45) is 0 Å². The SMILES string of the molecule is Nc1ccc2nc(Oc3cc(F)c(Cl)cc3Br)sc2c1. The Kier molecular flexibility index (Phi) is 3.54. The standard InChI is InChI=1S/C13H7BrClFN2OS/c14-7-4-8(15)9(16)5-11(7)19-13-18-10-2-1-6(17)3-12(10)20-13/h1-5H,17H2. The summed E-state index contributed by atoms with van der Waals surface area (Å²) in [5, 5.41) is 0.439. The molecule has 0 saturated carbocycles. The zero-order valence-corrected chi connectivity index (χ0v) is 13.0. The molecule has 0 aliphatic rings. The number of ether oxygens (including phenoxy) is 1.